The Bertz CT molecular complexity index is 522. The van der Waals surface area contributed by atoms with E-state index >= 15 is 0 Å². The lowest BCUT2D eigenvalue weighted by molar-refractivity contribution is -0.205. The Balaban J connectivity index is 1.61. The van der Waals surface area contributed by atoms with Gasteiger partial charge in [-0.2, -0.15) is 0 Å². The lowest BCUT2D eigenvalue weighted by Crippen LogP contribution is -2.67. The molecule has 0 aromatic carbocycles. The number of aliphatic hydroxyl groups excluding tert-OH is 3. The minimum atomic E-state index is -1.36. The number of thioether (sulfide) groups is 1. The average molecular weight is 423 g/mol. The molecule has 0 spiro atoms. The molecule has 0 radical (unpaired) electrons. The number of nitrogens with one attached hydrogen (secondary N) is 2. The second kappa shape index (κ2) is 9.15. The lowest BCUT2D eigenvalue weighted by atomic mass is 9.85. The molecule has 1 aliphatic carbocycles. The molecule has 27 heavy (non-hydrogen) atoms. The maximum absolute atomic E-state index is 12.8. The van der Waals surface area contributed by atoms with Crippen molar-refractivity contribution in [3.05, 3.63) is 0 Å². The summed E-state index contributed by atoms with van der Waals surface area (Å²) in [5.74, 6) is 1.00. The molecule has 3 rings (SSSR count). The van der Waals surface area contributed by atoms with Crippen LogP contribution in [0.2, 0.25) is 0 Å². The van der Waals surface area contributed by atoms with Crippen LogP contribution in [0.4, 0.5) is 0 Å². The van der Waals surface area contributed by atoms with Crippen LogP contribution < -0.4 is 10.6 Å². The zero-order valence-electron chi connectivity index (χ0n) is 15.8. The van der Waals surface area contributed by atoms with Gasteiger partial charge >= 0.3 is 0 Å². The highest BCUT2D eigenvalue weighted by Crippen LogP contribution is 2.36. The van der Waals surface area contributed by atoms with E-state index in [1.54, 1.807) is 13.2 Å². The van der Waals surface area contributed by atoms with Crippen molar-refractivity contribution < 1.29 is 24.9 Å². The van der Waals surface area contributed by atoms with E-state index < -0.39 is 41.3 Å². The molecule has 5 N–H and O–H groups in total. The zero-order valence-corrected chi connectivity index (χ0v) is 17.3. The van der Waals surface area contributed by atoms with Crippen molar-refractivity contribution in [3.8, 4) is 0 Å². The van der Waals surface area contributed by atoms with Crippen LogP contribution in [0.15, 0.2) is 0 Å². The molecule has 2 heterocycles. The van der Waals surface area contributed by atoms with E-state index in [2.05, 4.69) is 10.6 Å². The van der Waals surface area contributed by atoms with Gasteiger partial charge in [-0.05, 0) is 31.4 Å². The maximum Gasteiger partial charge on any atom is 0.237 e. The third-order valence-electron chi connectivity index (χ3n) is 5.99. The number of hydrogen-bond acceptors (Lipinski definition) is 7. The SMILES string of the molecule is CSC1OC(C(NC(=O)C2NCC2CCC2CC2)C(C)Cl)C(O)C(O)C1O. The molecule has 1 amide bonds. The smallest absolute Gasteiger partial charge is 0.237 e. The Morgan fingerprint density at radius 2 is 1.96 bits per heavy atom. The number of ether oxygens (including phenoxy) is 1. The molecular weight excluding hydrogens is 392 g/mol. The molecule has 2 saturated heterocycles. The summed E-state index contributed by atoms with van der Waals surface area (Å²) >= 11 is 7.54. The summed E-state index contributed by atoms with van der Waals surface area (Å²) in [4.78, 5) is 12.8. The molecule has 3 fully saturated rings. The van der Waals surface area contributed by atoms with Crippen molar-refractivity contribution in [2.24, 2.45) is 11.8 Å². The normalized spacial score (nSPS) is 41.5. The van der Waals surface area contributed by atoms with Gasteiger partial charge in [0.15, 0.2) is 0 Å². The molecule has 1 saturated carbocycles. The molecule has 0 aromatic heterocycles. The van der Waals surface area contributed by atoms with Gasteiger partial charge in [0.25, 0.3) is 0 Å². The summed E-state index contributed by atoms with van der Waals surface area (Å²) in [6.45, 7) is 2.56. The quantitative estimate of drug-likeness (QED) is 0.351. The van der Waals surface area contributed by atoms with Crippen molar-refractivity contribution in [2.45, 2.75) is 79.9 Å². The second-order valence-electron chi connectivity index (χ2n) is 8.06. The van der Waals surface area contributed by atoms with E-state index in [1.165, 1.54) is 31.0 Å². The van der Waals surface area contributed by atoms with Crippen LogP contribution in [-0.4, -0.2) is 81.3 Å². The maximum atomic E-state index is 12.8. The van der Waals surface area contributed by atoms with Gasteiger partial charge in [0.1, 0.15) is 29.9 Å². The van der Waals surface area contributed by atoms with Crippen LogP contribution in [-0.2, 0) is 9.53 Å². The number of amides is 1. The van der Waals surface area contributed by atoms with Gasteiger partial charge in [0, 0.05) is 6.54 Å². The third-order valence-corrected chi connectivity index (χ3v) is 7.12. The first-order valence-corrected chi connectivity index (χ1v) is 11.5. The Morgan fingerprint density at radius 1 is 1.26 bits per heavy atom. The minimum Gasteiger partial charge on any atom is -0.388 e. The second-order valence-corrected chi connectivity index (χ2v) is 9.68. The first-order valence-electron chi connectivity index (χ1n) is 9.73. The molecule has 0 bridgehead atoms. The van der Waals surface area contributed by atoms with Crippen molar-refractivity contribution in [3.63, 3.8) is 0 Å². The average Bonchev–Trinajstić information content (AvgIpc) is 3.42. The summed E-state index contributed by atoms with van der Waals surface area (Å²) in [7, 11) is 0. The van der Waals surface area contributed by atoms with Crippen molar-refractivity contribution in [1.82, 2.24) is 10.6 Å². The minimum absolute atomic E-state index is 0.156. The zero-order chi connectivity index (χ0) is 19.7. The Morgan fingerprint density at radius 3 is 2.48 bits per heavy atom. The highest BCUT2D eigenvalue weighted by Gasteiger charge is 2.48. The van der Waals surface area contributed by atoms with Crippen LogP contribution in [0.5, 0.6) is 0 Å². The Hall–Kier alpha value is -0.0900. The molecule has 0 aromatic rings. The van der Waals surface area contributed by atoms with Gasteiger partial charge in [0.05, 0.1) is 17.5 Å². The molecule has 9 heteroatoms. The van der Waals surface area contributed by atoms with Gasteiger partial charge in [0.2, 0.25) is 5.91 Å². The number of carbonyl (C=O) groups excluding carboxylic acids is 1. The molecular formula is C18H31ClN2O5S. The first-order chi connectivity index (χ1) is 12.8. The predicted molar refractivity (Wildman–Crippen MR) is 105 cm³/mol. The molecule has 9 atom stereocenters. The largest absolute Gasteiger partial charge is 0.388 e. The number of carbonyl (C=O) groups is 1. The van der Waals surface area contributed by atoms with E-state index in [0.29, 0.717) is 5.92 Å². The Kier molecular flexibility index (Phi) is 7.33. The van der Waals surface area contributed by atoms with E-state index in [4.69, 9.17) is 16.3 Å². The van der Waals surface area contributed by atoms with Gasteiger partial charge in [-0.25, -0.2) is 0 Å². The highest BCUT2D eigenvalue weighted by atomic mass is 35.5. The summed E-state index contributed by atoms with van der Waals surface area (Å²) in [5.41, 5.74) is -0.698. The number of alkyl halides is 1. The van der Waals surface area contributed by atoms with Gasteiger partial charge < -0.3 is 30.7 Å². The number of halogens is 1. The fourth-order valence-electron chi connectivity index (χ4n) is 3.91. The molecule has 9 unspecified atom stereocenters. The summed E-state index contributed by atoms with van der Waals surface area (Å²) in [5, 5.41) is 36.1. The van der Waals surface area contributed by atoms with Crippen LogP contribution in [0.3, 0.4) is 0 Å². The van der Waals surface area contributed by atoms with E-state index in [1.807, 2.05) is 0 Å². The van der Waals surface area contributed by atoms with Gasteiger partial charge in [-0.1, -0.05) is 19.3 Å². The van der Waals surface area contributed by atoms with Crippen LogP contribution in [0, 0.1) is 11.8 Å². The molecule has 2 aliphatic heterocycles. The molecule has 156 valence electrons. The molecule has 7 nitrogen and oxygen atoms in total. The first kappa shape index (κ1) is 21.6. The standard InChI is InChI=1S/C18H31ClN2O5S/c1-8(19)11(16-14(23)13(22)15(24)18(26-16)27-2)21-17(25)12-10(7-20-12)6-5-9-3-4-9/h8-16,18,20,22-24H,3-7H2,1-2H3,(H,21,25). The lowest BCUT2D eigenvalue weighted by Gasteiger charge is -2.45. The molecule has 3 aliphatic rings. The summed E-state index contributed by atoms with van der Waals surface area (Å²) in [6, 6.07) is -0.938. The van der Waals surface area contributed by atoms with Gasteiger partial charge in [-0.15, -0.1) is 23.4 Å². The number of aliphatic hydroxyl groups is 3. The van der Waals surface area contributed by atoms with Crippen molar-refractivity contribution >= 4 is 29.3 Å². The summed E-state index contributed by atoms with van der Waals surface area (Å²) in [6.07, 6.45) is 1.79. The van der Waals surface area contributed by atoms with E-state index in [-0.39, 0.29) is 11.9 Å². The van der Waals surface area contributed by atoms with Crippen molar-refractivity contribution in [2.75, 3.05) is 12.8 Å². The fraction of sp³-hybridized carbons (Fsp3) is 0.944. The topological polar surface area (TPSA) is 111 Å². The summed E-state index contributed by atoms with van der Waals surface area (Å²) < 4.78 is 5.78. The predicted octanol–water partition coefficient (Wildman–Crippen LogP) is 0.0473. The Labute approximate surface area is 169 Å². The number of rotatable bonds is 8. The van der Waals surface area contributed by atoms with Crippen molar-refractivity contribution in [1.29, 1.82) is 0 Å². The monoisotopic (exact) mass is 422 g/mol. The van der Waals surface area contributed by atoms with Crippen LogP contribution in [0.1, 0.15) is 32.6 Å². The highest BCUT2D eigenvalue weighted by molar-refractivity contribution is 7.99. The van der Waals surface area contributed by atoms with Crippen LogP contribution in [0.25, 0.3) is 0 Å². The van der Waals surface area contributed by atoms with E-state index in [0.717, 1.165) is 18.9 Å². The van der Waals surface area contributed by atoms with Crippen LogP contribution >= 0.6 is 23.4 Å². The number of hydrogen-bond donors (Lipinski definition) is 5. The van der Waals surface area contributed by atoms with E-state index in [9.17, 15) is 20.1 Å². The van der Waals surface area contributed by atoms with Gasteiger partial charge in [-0.3, -0.25) is 4.79 Å². The third kappa shape index (κ3) is 4.91. The fourth-order valence-corrected chi connectivity index (χ4v) is 4.80.